The fraction of sp³-hybridized carbons (Fsp3) is 0.278. The number of rotatable bonds is 7. The van der Waals surface area contributed by atoms with E-state index in [0.717, 1.165) is 14.7 Å². The molecule has 1 aromatic carbocycles. The quantitative estimate of drug-likeness (QED) is 0.534. The molecule has 0 aliphatic carbocycles. The molecule has 0 saturated heterocycles. The highest BCUT2D eigenvalue weighted by Gasteiger charge is 2.21. The zero-order valence-electron chi connectivity index (χ0n) is 16.3. The maximum Gasteiger partial charge on any atom is 0.242 e. The Hall–Kier alpha value is -2.21. The minimum atomic E-state index is -3.59. The van der Waals surface area contributed by atoms with Crippen LogP contribution in [0.1, 0.15) is 12.5 Å². The number of thiophene rings is 1. The highest BCUT2D eigenvalue weighted by molar-refractivity contribution is 8.00. The van der Waals surface area contributed by atoms with Gasteiger partial charge in [-0.3, -0.25) is 9.89 Å². The molecule has 29 heavy (non-hydrogen) atoms. The summed E-state index contributed by atoms with van der Waals surface area (Å²) in [5.74, 6) is 0.396. The van der Waals surface area contributed by atoms with E-state index in [1.54, 1.807) is 24.3 Å². The number of hydrogen-bond acceptors (Lipinski definition) is 7. The Morgan fingerprint density at radius 3 is 2.72 bits per heavy atom. The summed E-state index contributed by atoms with van der Waals surface area (Å²) in [7, 11) is -0.654. The van der Waals surface area contributed by atoms with Crippen LogP contribution in [0.25, 0.3) is 10.7 Å². The first-order valence-corrected chi connectivity index (χ1v) is 11.9. The molecule has 0 fully saturated rings. The molecule has 0 aliphatic rings. The zero-order chi connectivity index (χ0) is 21.2. The number of aryl methyl sites for hydroxylation is 1. The predicted molar refractivity (Wildman–Crippen MR) is 116 cm³/mol. The van der Waals surface area contributed by atoms with Gasteiger partial charge in [-0.2, -0.15) is 0 Å². The van der Waals surface area contributed by atoms with E-state index in [9.17, 15) is 13.2 Å². The molecule has 1 amide bonds. The average Bonchev–Trinajstić information content (AvgIpc) is 3.34. The molecule has 2 aromatic heterocycles. The summed E-state index contributed by atoms with van der Waals surface area (Å²) in [6, 6.07) is 8.54. The minimum absolute atomic E-state index is 0.123. The SMILES string of the molecule is Cc1ccc(S(=O)(=O)N(C)C)cc1NC(=O)C(C)Sc1n[nH]c(-c2cccs2)n1. The van der Waals surface area contributed by atoms with Gasteiger partial charge in [-0.1, -0.05) is 23.9 Å². The molecule has 11 heteroatoms. The Bertz CT molecular complexity index is 1110. The van der Waals surface area contributed by atoms with E-state index in [1.165, 1.54) is 38.0 Å². The molecule has 1 unspecified atom stereocenters. The fourth-order valence-corrected chi connectivity index (χ4v) is 4.69. The third-order valence-corrected chi connectivity index (χ3v) is 7.77. The molecule has 0 spiro atoms. The number of carbonyl (C=O) groups excluding carboxylic acids is 1. The van der Waals surface area contributed by atoms with Gasteiger partial charge >= 0.3 is 0 Å². The maximum atomic E-state index is 12.6. The van der Waals surface area contributed by atoms with Crippen LogP contribution in [0.5, 0.6) is 0 Å². The lowest BCUT2D eigenvalue weighted by atomic mass is 10.2. The summed E-state index contributed by atoms with van der Waals surface area (Å²) < 4.78 is 25.8. The van der Waals surface area contributed by atoms with Crippen molar-refractivity contribution in [3.05, 3.63) is 41.3 Å². The number of carbonyl (C=O) groups is 1. The molecule has 3 rings (SSSR count). The van der Waals surface area contributed by atoms with Gasteiger partial charge in [0.05, 0.1) is 15.0 Å². The van der Waals surface area contributed by atoms with Crippen LogP contribution < -0.4 is 5.32 Å². The van der Waals surface area contributed by atoms with E-state index in [1.807, 2.05) is 24.4 Å². The Labute approximate surface area is 177 Å². The van der Waals surface area contributed by atoms with Gasteiger partial charge in [0.2, 0.25) is 21.1 Å². The Morgan fingerprint density at radius 1 is 1.31 bits per heavy atom. The third kappa shape index (κ3) is 4.86. The van der Waals surface area contributed by atoms with E-state index in [4.69, 9.17) is 0 Å². The molecule has 0 radical (unpaired) electrons. The molecule has 8 nitrogen and oxygen atoms in total. The minimum Gasteiger partial charge on any atom is -0.325 e. The summed E-state index contributed by atoms with van der Waals surface area (Å²) in [5, 5.41) is 11.8. The molecule has 0 aliphatic heterocycles. The molecule has 2 heterocycles. The lowest BCUT2D eigenvalue weighted by Gasteiger charge is -2.15. The second-order valence-corrected chi connectivity index (χ2v) is 10.9. The van der Waals surface area contributed by atoms with Gasteiger partial charge in [-0.25, -0.2) is 17.7 Å². The molecule has 154 valence electrons. The largest absolute Gasteiger partial charge is 0.325 e. The second-order valence-electron chi connectivity index (χ2n) is 6.46. The van der Waals surface area contributed by atoms with E-state index in [-0.39, 0.29) is 10.8 Å². The normalized spacial score (nSPS) is 12.9. The maximum absolute atomic E-state index is 12.6. The van der Waals surface area contributed by atoms with Crippen LogP contribution in [0.3, 0.4) is 0 Å². The molecule has 0 saturated carbocycles. The van der Waals surface area contributed by atoms with Gasteiger partial charge in [-0.15, -0.1) is 16.4 Å². The Morgan fingerprint density at radius 2 is 2.07 bits per heavy atom. The Balaban J connectivity index is 1.71. The smallest absolute Gasteiger partial charge is 0.242 e. The van der Waals surface area contributed by atoms with E-state index < -0.39 is 15.3 Å². The Kier molecular flexibility index (Phi) is 6.42. The van der Waals surface area contributed by atoms with Crippen LogP contribution in [-0.2, 0) is 14.8 Å². The van der Waals surface area contributed by atoms with Crippen molar-refractivity contribution in [2.45, 2.75) is 29.1 Å². The first-order valence-electron chi connectivity index (χ1n) is 8.65. The number of H-pyrrole nitrogens is 1. The summed E-state index contributed by atoms with van der Waals surface area (Å²) in [6.07, 6.45) is 0. The molecular formula is C18H21N5O3S3. The summed E-state index contributed by atoms with van der Waals surface area (Å²) in [5.41, 5.74) is 1.23. The van der Waals surface area contributed by atoms with Crippen LogP contribution in [0.4, 0.5) is 5.69 Å². The van der Waals surface area contributed by atoms with Crippen molar-refractivity contribution in [2.75, 3.05) is 19.4 Å². The van der Waals surface area contributed by atoms with Crippen LogP contribution in [0.2, 0.25) is 0 Å². The van der Waals surface area contributed by atoms with Crippen LogP contribution in [-0.4, -0.2) is 53.2 Å². The van der Waals surface area contributed by atoms with Crippen molar-refractivity contribution in [3.63, 3.8) is 0 Å². The van der Waals surface area contributed by atoms with Gasteiger partial charge in [0.15, 0.2) is 5.82 Å². The molecule has 2 N–H and O–H groups in total. The van der Waals surface area contributed by atoms with Crippen LogP contribution in [0, 0.1) is 6.92 Å². The number of anilines is 1. The highest BCUT2D eigenvalue weighted by atomic mass is 32.2. The van der Waals surface area contributed by atoms with Crippen molar-refractivity contribution in [3.8, 4) is 10.7 Å². The molecular weight excluding hydrogens is 430 g/mol. The number of hydrogen-bond donors (Lipinski definition) is 2. The molecule has 3 aromatic rings. The van der Waals surface area contributed by atoms with E-state index in [2.05, 4.69) is 20.5 Å². The molecule has 0 bridgehead atoms. The average molecular weight is 452 g/mol. The number of benzene rings is 1. The first-order chi connectivity index (χ1) is 13.7. The lowest BCUT2D eigenvalue weighted by Crippen LogP contribution is -2.24. The summed E-state index contributed by atoms with van der Waals surface area (Å²) in [6.45, 7) is 3.55. The monoisotopic (exact) mass is 451 g/mol. The topological polar surface area (TPSA) is 108 Å². The summed E-state index contributed by atoms with van der Waals surface area (Å²) >= 11 is 2.77. The van der Waals surface area contributed by atoms with Crippen LogP contribution in [0.15, 0.2) is 45.8 Å². The third-order valence-electron chi connectivity index (χ3n) is 4.12. The zero-order valence-corrected chi connectivity index (χ0v) is 18.8. The number of amides is 1. The molecule has 1 atom stereocenters. The number of sulfonamides is 1. The lowest BCUT2D eigenvalue weighted by molar-refractivity contribution is -0.115. The number of thioether (sulfide) groups is 1. The van der Waals surface area contributed by atoms with Gasteiger partial charge in [0.25, 0.3) is 0 Å². The standard InChI is InChI=1S/C18H21N5O3S3/c1-11-7-8-13(29(25,26)23(3)4)10-14(11)19-17(24)12(2)28-18-20-16(21-22-18)15-6-5-9-27-15/h5-10,12H,1-4H3,(H,19,24)(H,20,21,22). The van der Waals surface area contributed by atoms with E-state index >= 15 is 0 Å². The van der Waals surface area contributed by atoms with Crippen LogP contribution >= 0.6 is 23.1 Å². The second kappa shape index (κ2) is 8.66. The van der Waals surface area contributed by atoms with Gasteiger partial charge < -0.3 is 5.32 Å². The first kappa shape index (κ1) is 21.5. The predicted octanol–water partition coefficient (Wildman–Crippen LogP) is 3.21. The van der Waals surface area contributed by atoms with Crippen molar-refractivity contribution in [1.29, 1.82) is 0 Å². The van der Waals surface area contributed by atoms with Crippen molar-refractivity contribution < 1.29 is 13.2 Å². The van der Waals surface area contributed by atoms with Crippen molar-refractivity contribution in [1.82, 2.24) is 19.5 Å². The van der Waals surface area contributed by atoms with E-state index in [0.29, 0.717) is 16.7 Å². The van der Waals surface area contributed by atoms with Crippen molar-refractivity contribution >= 4 is 44.7 Å². The van der Waals surface area contributed by atoms with Gasteiger partial charge in [-0.05, 0) is 43.0 Å². The van der Waals surface area contributed by atoms with Crippen molar-refractivity contribution in [2.24, 2.45) is 0 Å². The number of nitrogens with zero attached hydrogens (tertiary/aromatic N) is 3. The van der Waals surface area contributed by atoms with Gasteiger partial charge in [0.1, 0.15) is 0 Å². The number of aromatic nitrogens is 3. The number of aromatic amines is 1. The summed E-state index contributed by atoms with van der Waals surface area (Å²) in [4.78, 5) is 18.1. The highest BCUT2D eigenvalue weighted by Crippen LogP contribution is 2.27. The van der Waals surface area contributed by atoms with Gasteiger partial charge in [0, 0.05) is 19.8 Å². The fourth-order valence-electron chi connectivity index (χ4n) is 2.38. The number of nitrogens with one attached hydrogen (secondary N) is 2.